The summed E-state index contributed by atoms with van der Waals surface area (Å²) in [5.41, 5.74) is 0.181. The highest BCUT2D eigenvalue weighted by Crippen LogP contribution is 2.31. The van der Waals surface area contributed by atoms with Gasteiger partial charge in [-0.1, -0.05) is 0 Å². The zero-order valence-corrected chi connectivity index (χ0v) is 20.6. The number of likely N-dealkylation sites (N-methyl/N-ethyl adjacent to an activating group) is 1. The second-order valence-electron chi connectivity index (χ2n) is 9.12. The fourth-order valence-corrected chi connectivity index (χ4v) is 4.75. The molecule has 2 aromatic heterocycles. The van der Waals surface area contributed by atoms with Crippen LogP contribution in [0.15, 0.2) is 27.2 Å². The molecule has 0 saturated carbocycles. The van der Waals surface area contributed by atoms with Gasteiger partial charge in [0.1, 0.15) is 6.07 Å². The van der Waals surface area contributed by atoms with Crippen LogP contribution in [0.4, 0.5) is 5.88 Å². The highest BCUT2D eigenvalue weighted by Gasteiger charge is 2.33. The summed E-state index contributed by atoms with van der Waals surface area (Å²) in [6.45, 7) is 4.18. The Labute approximate surface area is 209 Å². The summed E-state index contributed by atoms with van der Waals surface area (Å²) in [5, 5.41) is 9.48. The van der Waals surface area contributed by atoms with Crippen LogP contribution in [0, 0.1) is 23.2 Å². The molecule has 192 valence electrons. The van der Waals surface area contributed by atoms with E-state index >= 15 is 0 Å². The van der Waals surface area contributed by atoms with Crippen molar-refractivity contribution in [2.75, 3.05) is 51.3 Å². The zero-order valence-electron chi connectivity index (χ0n) is 20.6. The molecule has 11 nitrogen and oxygen atoms in total. The third-order valence-corrected chi connectivity index (χ3v) is 6.79. The number of ether oxygens (including phenoxy) is 1. The van der Waals surface area contributed by atoms with Crippen molar-refractivity contribution < 1.29 is 28.0 Å². The van der Waals surface area contributed by atoms with Crippen LogP contribution in [0.2, 0.25) is 0 Å². The number of likely N-dealkylation sites (tertiary alicyclic amines) is 1. The molecule has 4 rings (SSSR count). The molecule has 11 heteroatoms. The molecular weight excluding hydrogens is 466 g/mol. The largest absolute Gasteiger partial charge is 0.466 e. The van der Waals surface area contributed by atoms with Gasteiger partial charge in [0.15, 0.2) is 5.76 Å². The highest BCUT2D eigenvalue weighted by molar-refractivity contribution is 5.86. The lowest BCUT2D eigenvalue weighted by atomic mass is 9.95. The van der Waals surface area contributed by atoms with Gasteiger partial charge in [0.25, 0.3) is 5.89 Å². The van der Waals surface area contributed by atoms with E-state index in [2.05, 4.69) is 11.1 Å². The normalized spacial score (nSPS) is 17.0. The molecule has 2 aliphatic rings. The Morgan fingerprint density at radius 1 is 1.17 bits per heavy atom. The second kappa shape index (κ2) is 11.3. The molecule has 2 aliphatic heterocycles. The summed E-state index contributed by atoms with van der Waals surface area (Å²) in [7, 11) is 1.65. The van der Waals surface area contributed by atoms with E-state index in [1.54, 1.807) is 31.0 Å². The quantitative estimate of drug-likeness (QED) is 0.528. The van der Waals surface area contributed by atoms with Crippen LogP contribution >= 0.6 is 0 Å². The Bertz CT molecular complexity index is 1100. The van der Waals surface area contributed by atoms with Crippen LogP contribution < -0.4 is 4.90 Å². The Kier molecular flexibility index (Phi) is 7.93. The standard InChI is InChI=1S/C25H31N5O6/c1-3-34-25(33)18-8-10-29(11-9-18)21(31)16-28(2)23(32)17-6-12-30(13-7-17)24-19(15-26)27-22(36-24)20-5-4-14-35-20/h4-5,14,17-18H,3,6-13,16H2,1-2H3. The lowest BCUT2D eigenvalue weighted by Crippen LogP contribution is -2.47. The van der Waals surface area contributed by atoms with E-state index < -0.39 is 0 Å². The smallest absolute Gasteiger partial charge is 0.309 e. The number of nitrogens with zero attached hydrogens (tertiary/aromatic N) is 5. The number of anilines is 1. The number of hydrogen-bond donors (Lipinski definition) is 0. The predicted octanol–water partition coefficient (Wildman–Crippen LogP) is 2.28. The molecule has 2 fully saturated rings. The number of carbonyl (C=O) groups excluding carboxylic acids is 3. The monoisotopic (exact) mass is 497 g/mol. The van der Waals surface area contributed by atoms with Crippen LogP contribution in [0.5, 0.6) is 0 Å². The molecule has 0 N–H and O–H groups in total. The van der Waals surface area contributed by atoms with Gasteiger partial charge in [0.05, 0.1) is 25.3 Å². The molecule has 2 amide bonds. The number of aromatic nitrogens is 1. The van der Waals surface area contributed by atoms with Gasteiger partial charge >= 0.3 is 5.97 Å². The molecule has 36 heavy (non-hydrogen) atoms. The Balaban J connectivity index is 1.27. The van der Waals surface area contributed by atoms with Crippen molar-refractivity contribution in [3.8, 4) is 17.7 Å². The maximum Gasteiger partial charge on any atom is 0.309 e. The van der Waals surface area contributed by atoms with Crippen LogP contribution in [-0.2, 0) is 19.1 Å². The van der Waals surface area contributed by atoms with Crippen molar-refractivity contribution in [2.24, 2.45) is 11.8 Å². The number of nitriles is 1. The molecule has 0 aliphatic carbocycles. The van der Waals surface area contributed by atoms with Gasteiger partial charge in [-0.15, -0.1) is 0 Å². The molecule has 0 bridgehead atoms. The molecule has 2 aromatic rings. The van der Waals surface area contributed by atoms with E-state index in [1.165, 1.54) is 11.2 Å². The number of oxazole rings is 1. The van der Waals surface area contributed by atoms with Crippen LogP contribution in [0.25, 0.3) is 11.7 Å². The first-order chi connectivity index (χ1) is 17.4. The van der Waals surface area contributed by atoms with Crippen molar-refractivity contribution in [3.05, 3.63) is 24.1 Å². The van der Waals surface area contributed by atoms with Crippen molar-refractivity contribution in [3.63, 3.8) is 0 Å². The number of rotatable bonds is 7. The highest BCUT2D eigenvalue weighted by atomic mass is 16.5. The topological polar surface area (TPSA) is 133 Å². The number of hydrogen-bond acceptors (Lipinski definition) is 9. The fourth-order valence-electron chi connectivity index (χ4n) is 4.75. The predicted molar refractivity (Wildman–Crippen MR) is 127 cm³/mol. The third kappa shape index (κ3) is 5.53. The lowest BCUT2D eigenvalue weighted by Gasteiger charge is -2.34. The van der Waals surface area contributed by atoms with Gasteiger partial charge in [-0.25, -0.2) is 0 Å². The minimum atomic E-state index is -0.216. The van der Waals surface area contributed by atoms with E-state index in [0.717, 1.165) is 0 Å². The summed E-state index contributed by atoms with van der Waals surface area (Å²) >= 11 is 0. The van der Waals surface area contributed by atoms with Crippen molar-refractivity contribution in [1.29, 1.82) is 5.26 Å². The summed E-state index contributed by atoms with van der Waals surface area (Å²) in [6, 6.07) is 5.49. The second-order valence-corrected chi connectivity index (χ2v) is 9.12. The zero-order chi connectivity index (χ0) is 25.7. The van der Waals surface area contributed by atoms with Gasteiger partial charge in [-0.05, 0) is 44.7 Å². The summed E-state index contributed by atoms with van der Waals surface area (Å²) in [6.07, 6.45) is 3.81. The van der Waals surface area contributed by atoms with Crippen molar-refractivity contribution >= 4 is 23.7 Å². The Hall–Kier alpha value is -3.81. The number of furan rings is 1. The van der Waals surface area contributed by atoms with Gasteiger partial charge < -0.3 is 28.3 Å². The maximum absolute atomic E-state index is 13.0. The first kappa shape index (κ1) is 25.3. The van der Waals surface area contributed by atoms with E-state index in [0.29, 0.717) is 70.1 Å². The Morgan fingerprint density at radius 2 is 1.86 bits per heavy atom. The van der Waals surface area contributed by atoms with E-state index in [4.69, 9.17) is 13.6 Å². The molecule has 0 spiro atoms. The first-order valence-electron chi connectivity index (χ1n) is 12.3. The van der Waals surface area contributed by atoms with Crippen molar-refractivity contribution in [2.45, 2.75) is 32.6 Å². The maximum atomic E-state index is 13.0. The fraction of sp³-hybridized carbons (Fsp3) is 0.560. The third-order valence-electron chi connectivity index (χ3n) is 6.79. The number of carbonyl (C=O) groups is 3. The van der Waals surface area contributed by atoms with E-state index in [9.17, 15) is 19.6 Å². The SMILES string of the molecule is CCOC(=O)C1CCN(C(=O)CN(C)C(=O)C2CCN(c3oc(-c4ccco4)nc3C#N)CC2)CC1. The molecule has 0 unspecified atom stereocenters. The van der Waals surface area contributed by atoms with Crippen LogP contribution in [-0.4, -0.2) is 78.9 Å². The van der Waals surface area contributed by atoms with Crippen LogP contribution in [0.1, 0.15) is 38.3 Å². The lowest BCUT2D eigenvalue weighted by molar-refractivity contribution is -0.151. The summed E-state index contributed by atoms with van der Waals surface area (Å²) < 4.78 is 16.2. The van der Waals surface area contributed by atoms with Gasteiger partial charge in [0.2, 0.25) is 23.4 Å². The number of piperidine rings is 2. The molecule has 4 heterocycles. The van der Waals surface area contributed by atoms with Crippen molar-refractivity contribution in [1.82, 2.24) is 14.8 Å². The van der Waals surface area contributed by atoms with Gasteiger partial charge in [-0.2, -0.15) is 10.2 Å². The molecular formula is C25H31N5O6. The molecule has 0 aromatic carbocycles. The summed E-state index contributed by atoms with van der Waals surface area (Å²) in [4.78, 5) is 47.0. The number of amides is 2. The minimum Gasteiger partial charge on any atom is -0.466 e. The Morgan fingerprint density at radius 3 is 2.47 bits per heavy atom. The molecule has 0 radical (unpaired) electrons. The minimum absolute atomic E-state index is 0.0102. The number of esters is 1. The average molecular weight is 498 g/mol. The van der Waals surface area contributed by atoms with Gasteiger partial charge in [0, 0.05) is 39.1 Å². The van der Waals surface area contributed by atoms with Gasteiger partial charge in [-0.3, -0.25) is 14.4 Å². The molecule has 0 atom stereocenters. The molecule has 2 saturated heterocycles. The summed E-state index contributed by atoms with van der Waals surface area (Å²) in [5.74, 6) is 0.298. The van der Waals surface area contributed by atoms with E-state index in [-0.39, 0.29) is 47.7 Å². The average Bonchev–Trinajstić information content (AvgIpc) is 3.59. The van der Waals surface area contributed by atoms with E-state index in [1.807, 2.05) is 4.90 Å². The van der Waals surface area contributed by atoms with Crippen LogP contribution in [0.3, 0.4) is 0 Å². The first-order valence-corrected chi connectivity index (χ1v) is 12.3.